The van der Waals surface area contributed by atoms with Crippen LogP contribution in [0.25, 0.3) is 0 Å². The number of likely N-dealkylation sites (N-methyl/N-ethyl adjacent to an activating group) is 1. The Morgan fingerprint density at radius 3 is 2.37 bits per heavy atom. The largest absolute Gasteiger partial charge is 0.335 e. The topological polar surface area (TPSA) is 107 Å². The summed E-state index contributed by atoms with van der Waals surface area (Å²) >= 11 is 5.95. The molecule has 1 N–H and O–H groups in total. The number of carbonyl (C=O) groups is 5. The van der Waals surface area contributed by atoms with E-state index in [1.54, 1.807) is 31.2 Å². The van der Waals surface area contributed by atoms with Crippen LogP contribution in [0.5, 0.6) is 0 Å². The molecule has 1 fully saturated rings. The molecule has 27 heavy (non-hydrogen) atoms. The maximum Gasteiger partial charge on any atom is 0.334 e. The highest BCUT2D eigenvalue weighted by atomic mass is 35.5. The number of nitrogens with zero attached hydrogens (tertiary/aromatic N) is 3. The van der Waals surface area contributed by atoms with Gasteiger partial charge in [0.2, 0.25) is 11.8 Å². The number of anilines is 1. The number of imide groups is 2. The van der Waals surface area contributed by atoms with Crippen LogP contribution in [0.1, 0.15) is 13.3 Å². The zero-order chi connectivity index (χ0) is 20.1. The van der Waals surface area contributed by atoms with Gasteiger partial charge in [-0.05, 0) is 18.6 Å². The number of nitrogens with one attached hydrogen (secondary N) is 1. The second-order valence-corrected chi connectivity index (χ2v) is 6.32. The first-order valence-corrected chi connectivity index (χ1v) is 8.59. The van der Waals surface area contributed by atoms with Crippen LogP contribution in [0, 0.1) is 0 Å². The molecule has 144 valence electrons. The van der Waals surface area contributed by atoms with Gasteiger partial charge in [-0.3, -0.25) is 24.1 Å². The number of para-hydroxylation sites is 1. The molecule has 0 spiro atoms. The third kappa shape index (κ3) is 4.62. The number of carbonyl (C=O) groups excluding carboxylic acids is 5. The van der Waals surface area contributed by atoms with E-state index < -0.39 is 36.2 Å². The molecule has 9 nitrogen and oxygen atoms in total. The van der Waals surface area contributed by atoms with E-state index in [2.05, 4.69) is 5.32 Å². The monoisotopic (exact) mass is 394 g/mol. The summed E-state index contributed by atoms with van der Waals surface area (Å²) in [7, 11) is 1.35. The second kappa shape index (κ2) is 8.63. The highest BCUT2D eigenvalue weighted by Gasteiger charge is 2.44. The van der Waals surface area contributed by atoms with Crippen molar-refractivity contribution in [1.82, 2.24) is 14.7 Å². The maximum absolute atomic E-state index is 12.3. The molecule has 0 atom stereocenters. The highest BCUT2D eigenvalue weighted by molar-refractivity contribution is 6.45. The molecule has 0 unspecified atom stereocenters. The Hall–Kier alpha value is -2.94. The van der Waals surface area contributed by atoms with Crippen LogP contribution in [0.4, 0.5) is 10.5 Å². The SMILES string of the molecule is CCCN1C(=O)C(=O)N(CC(=O)N(C)CC(=O)Nc2ccccc2Cl)C1=O. The van der Waals surface area contributed by atoms with Gasteiger partial charge in [0.15, 0.2) is 0 Å². The van der Waals surface area contributed by atoms with Crippen molar-refractivity contribution in [2.45, 2.75) is 13.3 Å². The van der Waals surface area contributed by atoms with Gasteiger partial charge < -0.3 is 10.2 Å². The Kier molecular flexibility index (Phi) is 6.51. The molecule has 0 radical (unpaired) electrons. The number of hydrogen-bond donors (Lipinski definition) is 1. The summed E-state index contributed by atoms with van der Waals surface area (Å²) in [6.07, 6.45) is 0.495. The van der Waals surface area contributed by atoms with E-state index in [4.69, 9.17) is 11.6 Å². The van der Waals surface area contributed by atoms with Gasteiger partial charge in [0, 0.05) is 13.6 Å². The average Bonchev–Trinajstić information content (AvgIpc) is 2.82. The van der Waals surface area contributed by atoms with E-state index in [1.165, 1.54) is 7.05 Å². The third-order valence-electron chi connectivity index (χ3n) is 3.83. The Bertz CT molecular complexity index is 797. The van der Waals surface area contributed by atoms with Gasteiger partial charge in [-0.2, -0.15) is 0 Å². The number of urea groups is 1. The predicted octanol–water partition coefficient (Wildman–Crippen LogP) is 0.938. The van der Waals surface area contributed by atoms with Crippen LogP contribution in [0.2, 0.25) is 5.02 Å². The molecule has 1 heterocycles. The third-order valence-corrected chi connectivity index (χ3v) is 4.16. The number of halogens is 1. The van der Waals surface area contributed by atoms with Crippen LogP contribution < -0.4 is 5.32 Å². The average molecular weight is 395 g/mol. The van der Waals surface area contributed by atoms with E-state index in [0.717, 1.165) is 9.80 Å². The molecule has 1 aromatic carbocycles. The summed E-state index contributed by atoms with van der Waals surface area (Å²) in [5.41, 5.74) is 0.399. The van der Waals surface area contributed by atoms with Crippen molar-refractivity contribution in [3.63, 3.8) is 0 Å². The van der Waals surface area contributed by atoms with Crippen molar-refractivity contribution >= 4 is 46.9 Å². The lowest BCUT2D eigenvalue weighted by Gasteiger charge is -2.20. The van der Waals surface area contributed by atoms with Gasteiger partial charge in [-0.15, -0.1) is 0 Å². The molecule has 1 saturated heterocycles. The normalized spacial score (nSPS) is 14.0. The molecule has 1 aliphatic rings. The molecular formula is C17H19ClN4O5. The van der Waals surface area contributed by atoms with E-state index in [1.807, 2.05) is 0 Å². The number of rotatable bonds is 7. The van der Waals surface area contributed by atoms with E-state index in [-0.39, 0.29) is 13.1 Å². The molecule has 0 aromatic heterocycles. The lowest BCUT2D eigenvalue weighted by molar-refractivity contribution is -0.145. The first-order valence-electron chi connectivity index (χ1n) is 8.22. The van der Waals surface area contributed by atoms with Crippen LogP contribution in [-0.2, 0) is 19.2 Å². The quantitative estimate of drug-likeness (QED) is 0.547. The second-order valence-electron chi connectivity index (χ2n) is 5.91. The lowest BCUT2D eigenvalue weighted by Crippen LogP contribution is -2.44. The van der Waals surface area contributed by atoms with Gasteiger partial charge in [0.25, 0.3) is 0 Å². The zero-order valence-electron chi connectivity index (χ0n) is 14.9. The molecular weight excluding hydrogens is 376 g/mol. The van der Waals surface area contributed by atoms with Crippen molar-refractivity contribution < 1.29 is 24.0 Å². The molecule has 1 aliphatic heterocycles. The Morgan fingerprint density at radius 2 is 1.74 bits per heavy atom. The minimum atomic E-state index is -1.05. The summed E-state index contributed by atoms with van der Waals surface area (Å²) in [5.74, 6) is -3.15. The maximum atomic E-state index is 12.3. The number of amides is 6. The molecule has 0 aliphatic carbocycles. The van der Waals surface area contributed by atoms with Crippen LogP contribution in [0.3, 0.4) is 0 Å². The first kappa shape index (κ1) is 20.4. The summed E-state index contributed by atoms with van der Waals surface area (Å²) in [6.45, 7) is 0.931. The smallest absolute Gasteiger partial charge is 0.334 e. The lowest BCUT2D eigenvalue weighted by atomic mass is 10.3. The van der Waals surface area contributed by atoms with Crippen LogP contribution in [0.15, 0.2) is 24.3 Å². The fourth-order valence-corrected chi connectivity index (χ4v) is 2.61. The van der Waals surface area contributed by atoms with Gasteiger partial charge in [-0.1, -0.05) is 30.7 Å². The van der Waals surface area contributed by atoms with E-state index in [0.29, 0.717) is 22.0 Å². The molecule has 10 heteroatoms. The van der Waals surface area contributed by atoms with E-state index >= 15 is 0 Å². The summed E-state index contributed by atoms with van der Waals surface area (Å²) in [4.78, 5) is 62.6. The Labute approximate surface area is 160 Å². The Balaban J connectivity index is 1.94. The molecule has 2 rings (SSSR count). The van der Waals surface area contributed by atoms with Crippen molar-refractivity contribution in [1.29, 1.82) is 0 Å². The summed E-state index contributed by atoms with van der Waals surface area (Å²) < 4.78 is 0. The van der Waals surface area contributed by atoms with Crippen LogP contribution >= 0.6 is 11.6 Å². The molecule has 6 amide bonds. The van der Waals surface area contributed by atoms with Gasteiger partial charge in [0.1, 0.15) is 6.54 Å². The number of hydrogen-bond acceptors (Lipinski definition) is 5. The van der Waals surface area contributed by atoms with Gasteiger partial charge in [-0.25, -0.2) is 9.69 Å². The minimum Gasteiger partial charge on any atom is -0.335 e. The van der Waals surface area contributed by atoms with Gasteiger partial charge in [0.05, 0.1) is 17.3 Å². The van der Waals surface area contributed by atoms with Crippen molar-refractivity contribution in [3.05, 3.63) is 29.3 Å². The van der Waals surface area contributed by atoms with Crippen molar-refractivity contribution in [3.8, 4) is 0 Å². The summed E-state index contributed by atoms with van der Waals surface area (Å²) in [5, 5.41) is 2.91. The van der Waals surface area contributed by atoms with Crippen LogP contribution in [-0.4, -0.2) is 71.0 Å². The standard InChI is InChI=1S/C17H19ClN4O5/c1-3-8-21-15(25)16(26)22(17(21)27)10-14(24)20(2)9-13(23)19-12-7-5-4-6-11(12)18/h4-7H,3,8-10H2,1-2H3,(H,19,23). The van der Waals surface area contributed by atoms with Crippen molar-refractivity contribution in [2.75, 3.05) is 32.0 Å². The zero-order valence-corrected chi connectivity index (χ0v) is 15.7. The Morgan fingerprint density at radius 1 is 1.11 bits per heavy atom. The molecule has 0 bridgehead atoms. The molecule has 0 saturated carbocycles. The highest BCUT2D eigenvalue weighted by Crippen LogP contribution is 2.20. The molecule has 1 aromatic rings. The summed E-state index contributed by atoms with van der Waals surface area (Å²) in [6, 6.07) is 5.79. The fraction of sp³-hybridized carbons (Fsp3) is 0.353. The minimum absolute atomic E-state index is 0.101. The van der Waals surface area contributed by atoms with Crippen molar-refractivity contribution in [2.24, 2.45) is 0 Å². The fourth-order valence-electron chi connectivity index (χ4n) is 2.42. The van der Waals surface area contributed by atoms with E-state index in [9.17, 15) is 24.0 Å². The number of benzene rings is 1. The first-order chi connectivity index (χ1) is 12.8. The predicted molar refractivity (Wildman–Crippen MR) is 96.8 cm³/mol. The van der Waals surface area contributed by atoms with Gasteiger partial charge >= 0.3 is 17.8 Å².